The molecule has 0 amide bonds. The highest BCUT2D eigenvalue weighted by Crippen LogP contribution is 2.27. The summed E-state index contributed by atoms with van der Waals surface area (Å²) in [5.74, 6) is -0.496. The van der Waals surface area contributed by atoms with Crippen LogP contribution in [0.3, 0.4) is 0 Å². The van der Waals surface area contributed by atoms with Gasteiger partial charge in [0.2, 0.25) is 0 Å². The Balaban J connectivity index is 3.05. The Labute approximate surface area is 109 Å². The summed E-state index contributed by atoms with van der Waals surface area (Å²) in [6, 6.07) is 1.41. The Kier molecular flexibility index (Phi) is 4.85. The highest BCUT2D eigenvalue weighted by atomic mass is 127. The maximum atomic E-state index is 12.5. The number of alkyl halides is 2. The zero-order chi connectivity index (χ0) is 12.3. The molecule has 0 saturated heterocycles. The number of methoxy groups -OCH3 is 1. The summed E-state index contributed by atoms with van der Waals surface area (Å²) in [6.45, 7) is 0. The second kappa shape index (κ2) is 5.72. The van der Waals surface area contributed by atoms with Crippen LogP contribution in [0.25, 0.3) is 0 Å². The molecule has 88 valence electrons. The van der Waals surface area contributed by atoms with Crippen LogP contribution in [-0.4, -0.2) is 18.1 Å². The van der Waals surface area contributed by atoms with Crippen LogP contribution < -0.4 is 0 Å². The van der Waals surface area contributed by atoms with Gasteiger partial charge < -0.3 is 4.74 Å². The summed E-state index contributed by atoms with van der Waals surface area (Å²) in [7, 11) is 1.24. The van der Waals surface area contributed by atoms with Gasteiger partial charge >= 0.3 is 5.97 Å². The van der Waals surface area contributed by atoms with Crippen molar-refractivity contribution in [1.82, 2.24) is 4.98 Å². The second-order valence-corrected chi connectivity index (χ2v) is 4.38. The molecule has 1 heterocycles. The molecule has 0 aliphatic rings. The van der Waals surface area contributed by atoms with Crippen molar-refractivity contribution >= 4 is 40.2 Å². The van der Waals surface area contributed by atoms with Gasteiger partial charge in [-0.05, 0) is 28.7 Å². The number of aromatic nitrogens is 1. The number of hydrogen-bond acceptors (Lipinski definition) is 3. The standard InChI is InChI=1S/C9H7ClF2INO2/c1-16-6(15)3-4-2-5(13)7(9(11)12)14-8(4)10/h2,9H,3H2,1H3. The fourth-order valence-electron chi connectivity index (χ4n) is 1.02. The SMILES string of the molecule is COC(=O)Cc1cc(I)c(C(F)F)nc1Cl. The second-order valence-electron chi connectivity index (χ2n) is 2.86. The zero-order valence-corrected chi connectivity index (χ0v) is 11.1. The number of pyridine rings is 1. The molecular formula is C9H7ClF2INO2. The smallest absolute Gasteiger partial charge is 0.310 e. The lowest BCUT2D eigenvalue weighted by Crippen LogP contribution is -2.07. The quantitative estimate of drug-likeness (QED) is 0.472. The predicted molar refractivity (Wildman–Crippen MR) is 62.6 cm³/mol. The van der Waals surface area contributed by atoms with E-state index in [9.17, 15) is 13.6 Å². The van der Waals surface area contributed by atoms with Gasteiger partial charge in [0, 0.05) is 9.13 Å². The Morgan fingerprint density at radius 3 is 2.81 bits per heavy atom. The van der Waals surface area contributed by atoms with Crippen molar-refractivity contribution in [2.45, 2.75) is 12.8 Å². The normalized spacial score (nSPS) is 10.6. The molecule has 0 bridgehead atoms. The third-order valence-corrected chi connectivity index (χ3v) is 2.99. The van der Waals surface area contributed by atoms with E-state index in [4.69, 9.17) is 11.6 Å². The van der Waals surface area contributed by atoms with Crippen molar-refractivity contribution in [1.29, 1.82) is 0 Å². The van der Waals surface area contributed by atoms with E-state index in [0.29, 0.717) is 5.56 Å². The van der Waals surface area contributed by atoms with E-state index < -0.39 is 12.4 Å². The number of carbonyl (C=O) groups excluding carboxylic acids is 1. The number of rotatable bonds is 3. The summed E-state index contributed by atoms with van der Waals surface area (Å²) in [4.78, 5) is 14.6. The van der Waals surface area contributed by atoms with E-state index in [1.165, 1.54) is 13.2 Å². The third-order valence-electron chi connectivity index (χ3n) is 1.80. The first-order valence-electron chi connectivity index (χ1n) is 4.15. The van der Waals surface area contributed by atoms with Crippen LogP contribution in [0.1, 0.15) is 17.7 Å². The maximum Gasteiger partial charge on any atom is 0.310 e. The minimum absolute atomic E-state index is 0.0815. The molecule has 1 aromatic rings. The van der Waals surface area contributed by atoms with Crippen molar-refractivity contribution in [3.8, 4) is 0 Å². The van der Waals surface area contributed by atoms with Crippen LogP contribution >= 0.6 is 34.2 Å². The summed E-state index contributed by atoms with van der Waals surface area (Å²) in [5, 5.41) is -0.0962. The van der Waals surface area contributed by atoms with Gasteiger partial charge in [-0.3, -0.25) is 4.79 Å². The molecule has 0 saturated carbocycles. The molecular weight excluding hydrogens is 354 g/mol. The first-order valence-corrected chi connectivity index (χ1v) is 5.61. The Morgan fingerprint density at radius 1 is 1.69 bits per heavy atom. The predicted octanol–water partition coefficient (Wildman–Crippen LogP) is 2.99. The molecule has 7 heteroatoms. The lowest BCUT2D eigenvalue weighted by Gasteiger charge is -2.07. The van der Waals surface area contributed by atoms with Crippen LogP contribution in [0.5, 0.6) is 0 Å². The number of halogens is 4. The van der Waals surface area contributed by atoms with Gasteiger partial charge in [0.15, 0.2) is 0 Å². The molecule has 0 unspecified atom stereocenters. The average Bonchev–Trinajstić information content (AvgIpc) is 2.22. The largest absolute Gasteiger partial charge is 0.469 e. The number of ether oxygens (including phenoxy) is 1. The molecule has 0 spiro atoms. The van der Waals surface area contributed by atoms with E-state index in [-0.39, 0.29) is 20.8 Å². The number of nitrogens with zero attached hydrogens (tertiary/aromatic N) is 1. The number of esters is 1. The summed E-state index contributed by atoms with van der Waals surface area (Å²) >= 11 is 7.41. The fourth-order valence-corrected chi connectivity index (χ4v) is 1.97. The molecule has 16 heavy (non-hydrogen) atoms. The lowest BCUT2D eigenvalue weighted by molar-refractivity contribution is -0.139. The minimum atomic E-state index is -2.68. The van der Waals surface area contributed by atoms with Crippen LogP contribution in [0.4, 0.5) is 8.78 Å². The molecule has 1 rings (SSSR count). The van der Waals surface area contributed by atoms with Crippen LogP contribution in [-0.2, 0) is 16.0 Å². The van der Waals surface area contributed by atoms with Crippen molar-refractivity contribution in [2.24, 2.45) is 0 Å². The van der Waals surface area contributed by atoms with E-state index in [1.807, 2.05) is 0 Å². The molecule has 0 radical (unpaired) electrons. The Hall–Kier alpha value is -0.500. The van der Waals surface area contributed by atoms with Crippen LogP contribution in [0.15, 0.2) is 6.07 Å². The summed E-state index contributed by atoms with van der Waals surface area (Å²) in [5.41, 5.74) is 0.00142. The van der Waals surface area contributed by atoms with E-state index in [1.54, 1.807) is 22.6 Å². The summed E-state index contributed by atoms with van der Waals surface area (Å²) < 4.78 is 29.6. The van der Waals surface area contributed by atoms with Gasteiger partial charge in [0.25, 0.3) is 6.43 Å². The molecule has 1 aromatic heterocycles. The summed E-state index contributed by atoms with van der Waals surface area (Å²) in [6.07, 6.45) is -2.77. The first kappa shape index (κ1) is 13.6. The molecule has 0 N–H and O–H groups in total. The fraction of sp³-hybridized carbons (Fsp3) is 0.333. The topological polar surface area (TPSA) is 39.2 Å². The Morgan fingerprint density at radius 2 is 2.31 bits per heavy atom. The highest BCUT2D eigenvalue weighted by molar-refractivity contribution is 14.1. The lowest BCUT2D eigenvalue weighted by atomic mass is 10.2. The van der Waals surface area contributed by atoms with Gasteiger partial charge in [0.1, 0.15) is 10.8 Å². The molecule has 0 aromatic carbocycles. The van der Waals surface area contributed by atoms with Crippen molar-refractivity contribution in [3.63, 3.8) is 0 Å². The first-order chi connectivity index (χ1) is 7.45. The molecule has 3 nitrogen and oxygen atoms in total. The van der Waals surface area contributed by atoms with E-state index in [0.717, 1.165) is 0 Å². The van der Waals surface area contributed by atoms with E-state index in [2.05, 4.69) is 9.72 Å². The van der Waals surface area contributed by atoms with Crippen LogP contribution in [0, 0.1) is 3.57 Å². The third kappa shape index (κ3) is 3.24. The van der Waals surface area contributed by atoms with Crippen LogP contribution in [0.2, 0.25) is 5.15 Å². The number of carbonyl (C=O) groups is 1. The van der Waals surface area contributed by atoms with Crippen molar-refractivity contribution in [2.75, 3.05) is 7.11 Å². The number of hydrogen-bond donors (Lipinski definition) is 0. The minimum Gasteiger partial charge on any atom is -0.469 e. The van der Waals surface area contributed by atoms with Gasteiger partial charge in [-0.2, -0.15) is 0 Å². The zero-order valence-electron chi connectivity index (χ0n) is 8.14. The molecule has 0 atom stereocenters. The van der Waals surface area contributed by atoms with Crippen molar-refractivity contribution in [3.05, 3.63) is 26.0 Å². The molecule has 0 fully saturated rings. The molecule has 0 aliphatic heterocycles. The van der Waals surface area contributed by atoms with Gasteiger partial charge in [-0.1, -0.05) is 11.6 Å². The monoisotopic (exact) mass is 361 g/mol. The highest BCUT2D eigenvalue weighted by Gasteiger charge is 2.18. The van der Waals surface area contributed by atoms with Crippen molar-refractivity contribution < 1.29 is 18.3 Å². The molecule has 0 aliphatic carbocycles. The average molecular weight is 362 g/mol. The Bertz CT molecular complexity index is 415. The van der Waals surface area contributed by atoms with Gasteiger partial charge in [-0.15, -0.1) is 0 Å². The van der Waals surface area contributed by atoms with E-state index >= 15 is 0 Å². The van der Waals surface area contributed by atoms with Gasteiger partial charge in [0.05, 0.1) is 13.5 Å². The van der Waals surface area contributed by atoms with Gasteiger partial charge in [-0.25, -0.2) is 13.8 Å². The maximum absolute atomic E-state index is 12.5.